The minimum absolute atomic E-state index is 0.0241. The van der Waals surface area contributed by atoms with E-state index in [-0.39, 0.29) is 33.1 Å². The number of nitrogens with zero attached hydrogens (tertiary/aromatic N) is 2. The van der Waals surface area contributed by atoms with Crippen molar-refractivity contribution < 1.29 is 22.8 Å². The van der Waals surface area contributed by atoms with Gasteiger partial charge in [0, 0.05) is 40.6 Å². The Morgan fingerprint density at radius 1 is 1.16 bits per heavy atom. The number of amides is 1. The highest BCUT2D eigenvalue weighted by Crippen LogP contribution is 2.50. The molecule has 1 aliphatic carbocycles. The Hall–Kier alpha value is -2.16. The highest BCUT2D eigenvalue weighted by molar-refractivity contribution is 6.34. The molecule has 2 aliphatic rings. The van der Waals surface area contributed by atoms with Crippen molar-refractivity contribution in [2.24, 2.45) is 11.1 Å². The van der Waals surface area contributed by atoms with E-state index in [1.807, 2.05) is 0 Å². The third-order valence-corrected chi connectivity index (χ3v) is 6.14. The van der Waals surface area contributed by atoms with Crippen molar-refractivity contribution in [2.45, 2.75) is 31.0 Å². The molecule has 0 spiro atoms. The topological polar surface area (TPSA) is 53.9 Å². The Labute approximate surface area is 197 Å². The van der Waals surface area contributed by atoms with E-state index in [2.05, 4.69) is 10.6 Å². The lowest BCUT2D eigenvalue weighted by Gasteiger charge is -2.29. The number of rotatable bonds is 5. The third-order valence-electron chi connectivity index (χ3n) is 5.38. The van der Waals surface area contributed by atoms with E-state index in [0.717, 1.165) is 25.0 Å². The molecular formula is C21H17Cl3F3N3O2. The van der Waals surface area contributed by atoms with Crippen LogP contribution < -0.4 is 10.4 Å². The zero-order valence-electron chi connectivity index (χ0n) is 16.6. The monoisotopic (exact) mass is 505 g/mol. The fraction of sp³-hybridized carbons (Fsp3) is 0.333. The maximum absolute atomic E-state index is 14.2. The molecule has 1 atom stereocenters. The SMILES string of the molecule is CN(NC(=O)C1CC1)c1cc(C2=NOC(c3cc(Cl)cc(Cl)c3)(C(F)(F)F)C2)ccc1Cl. The quantitative estimate of drug-likeness (QED) is 0.498. The molecule has 0 aromatic heterocycles. The summed E-state index contributed by atoms with van der Waals surface area (Å²) in [6.45, 7) is 0. The van der Waals surface area contributed by atoms with Crippen LogP contribution in [0, 0.1) is 5.92 Å². The zero-order valence-corrected chi connectivity index (χ0v) is 18.9. The number of nitrogens with one attached hydrogen (secondary N) is 1. The maximum Gasteiger partial charge on any atom is 0.435 e. The number of carbonyl (C=O) groups is 1. The van der Waals surface area contributed by atoms with E-state index in [9.17, 15) is 18.0 Å². The minimum atomic E-state index is -4.80. The summed E-state index contributed by atoms with van der Waals surface area (Å²) in [5.74, 6) is -0.159. The molecule has 1 unspecified atom stereocenters. The highest BCUT2D eigenvalue weighted by atomic mass is 35.5. The molecule has 0 radical (unpaired) electrons. The summed E-state index contributed by atoms with van der Waals surface area (Å²) in [4.78, 5) is 17.1. The van der Waals surface area contributed by atoms with Crippen LogP contribution in [0.3, 0.4) is 0 Å². The number of oxime groups is 1. The van der Waals surface area contributed by atoms with Gasteiger partial charge in [0.2, 0.25) is 5.91 Å². The Morgan fingerprint density at radius 2 is 1.81 bits per heavy atom. The smallest absolute Gasteiger partial charge is 0.374 e. The molecule has 1 amide bonds. The summed E-state index contributed by atoms with van der Waals surface area (Å²) >= 11 is 18.1. The molecule has 170 valence electrons. The van der Waals surface area contributed by atoms with E-state index < -0.39 is 18.2 Å². The van der Waals surface area contributed by atoms with Crippen LogP contribution >= 0.6 is 34.8 Å². The molecule has 2 aromatic rings. The van der Waals surface area contributed by atoms with E-state index in [4.69, 9.17) is 39.6 Å². The summed E-state index contributed by atoms with van der Waals surface area (Å²) < 4.78 is 42.6. The average molecular weight is 507 g/mol. The summed E-state index contributed by atoms with van der Waals surface area (Å²) in [5.41, 5.74) is 0.598. The van der Waals surface area contributed by atoms with Crippen molar-refractivity contribution in [1.82, 2.24) is 5.43 Å². The van der Waals surface area contributed by atoms with Gasteiger partial charge in [-0.25, -0.2) is 0 Å². The van der Waals surface area contributed by atoms with E-state index in [1.54, 1.807) is 19.2 Å². The van der Waals surface area contributed by atoms with Gasteiger partial charge < -0.3 is 4.84 Å². The van der Waals surface area contributed by atoms with Crippen LogP contribution in [0.4, 0.5) is 18.9 Å². The van der Waals surface area contributed by atoms with E-state index >= 15 is 0 Å². The van der Waals surface area contributed by atoms with Crippen LogP contribution in [0.5, 0.6) is 0 Å². The fourth-order valence-electron chi connectivity index (χ4n) is 3.46. The molecule has 4 rings (SSSR count). The van der Waals surface area contributed by atoms with Crippen LogP contribution in [-0.4, -0.2) is 24.8 Å². The second-order valence-electron chi connectivity index (χ2n) is 7.76. The third kappa shape index (κ3) is 4.36. The van der Waals surface area contributed by atoms with Crippen molar-refractivity contribution in [3.63, 3.8) is 0 Å². The fourth-order valence-corrected chi connectivity index (χ4v) is 4.23. The first-order valence-electron chi connectivity index (χ1n) is 9.63. The second-order valence-corrected chi connectivity index (χ2v) is 9.04. The first-order valence-corrected chi connectivity index (χ1v) is 10.8. The Morgan fingerprint density at radius 3 is 2.41 bits per heavy atom. The van der Waals surface area contributed by atoms with Crippen LogP contribution in [0.15, 0.2) is 41.6 Å². The van der Waals surface area contributed by atoms with Gasteiger partial charge >= 0.3 is 6.18 Å². The van der Waals surface area contributed by atoms with Gasteiger partial charge in [0.1, 0.15) is 0 Å². The molecule has 2 aromatic carbocycles. The zero-order chi connectivity index (χ0) is 23.3. The van der Waals surface area contributed by atoms with E-state index in [1.165, 1.54) is 17.1 Å². The number of hydrogen-bond acceptors (Lipinski definition) is 4. The summed E-state index contributed by atoms with van der Waals surface area (Å²) in [7, 11) is 1.60. The van der Waals surface area contributed by atoms with Gasteiger partial charge in [0.05, 0.1) is 16.4 Å². The molecule has 0 bridgehead atoms. The first kappa shape index (κ1) is 23.0. The largest absolute Gasteiger partial charge is 0.435 e. The summed E-state index contributed by atoms with van der Waals surface area (Å²) in [6, 6.07) is 8.28. The molecule has 5 nitrogen and oxygen atoms in total. The van der Waals surface area contributed by atoms with Crippen LogP contribution in [-0.2, 0) is 15.2 Å². The molecule has 1 saturated carbocycles. The maximum atomic E-state index is 14.2. The number of hydrogen-bond donors (Lipinski definition) is 1. The number of anilines is 1. The standard InChI is InChI=1S/C21H17Cl3F3N3O2/c1-30(28-19(31)11-2-3-11)18-6-12(4-5-16(18)24)17-10-20(32-29-17,21(25,26)27)13-7-14(22)9-15(23)8-13/h4-9,11H,2-3,10H2,1H3,(H,28,31). The number of carbonyl (C=O) groups excluding carboxylic acids is 1. The average Bonchev–Trinajstić information content (AvgIpc) is 3.45. The van der Waals surface area contributed by atoms with Crippen LogP contribution in [0.25, 0.3) is 0 Å². The van der Waals surface area contributed by atoms with Crippen LogP contribution in [0.2, 0.25) is 15.1 Å². The highest BCUT2D eigenvalue weighted by Gasteiger charge is 2.62. The predicted molar refractivity (Wildman–Crippen MR) is 117 cm³/mol. The van der Waals surface area contributed by atoms with Gasteiger partial charge in [-0.05, 0) is 43.2 Å². The van der Waals surface area contributed by atoms with Gasteiger partial charge in [-0.2, -0.15) is 13.2 Å². The lowest BCUT2D eigenvalue weighted by Crippen LogP contribution is -2.42. The van der Waals surface area contributed by atoms with E-state index in [0.29, 0.717) is 16.3 Å². The van der Waals surface area contributed by atoms with Crippen molar-refractivity contribution >= 4 is 52.1 Å². The van der Waals surface area contributed by atoms with Crippen molar-refractivity contribution in [1.29, 1.82) is 0 Å². The molecule has 0 saturated heterocycles. The Bertz CT molecular complexity index is 1090. The molecule has 1 aliphatic heterocycles. The lowest BCUT2D eigenvalue weighted by atomic mass is 9.86. The molecule has 1 heterocycles. The van der Waals surface area contributed by atoms with Gasteiger partial charge in [0.25, 0.3) is 5.60 Å². The van der Waals surface area contributed by atoms with Crippen molar-refractivity contribution in [3.8, 4) is 0 Å². The minimum Gasteiger partial charge on any atom is -0.374 e. The Balaban J connectivity index is 1.64. The molecular weight excluding hydrogens is 490 g/mol. The van der Waals surface area contributed by atoms with Gasteiger partial charge in [-0.3, -0.25) is 15.2 Å². The van der Waals surface area contributed by atoms with Crippen molar-refractivity contribution in [2.75, 3.05) is 12.1 Å². The summed E-state index contributed by atoms with van der Waals surface area (Å²) in [5, 5.41) is 5.61. The molecule has 11 heteroatoms. The number of halogens is 6. The van der Waals surface area contributed by atoms with Gasteiger partial charge in [-0.1, -0.05) is 46.0 Å². The van der Waals surface area contributed by atoms with Gasteiger partial charge in [-0.15, -0.1) is 0 Å². The molecule has 1 fully saturated rings. The second kappa shape index (κ2) is 8.32. The normalized spacial score (nSPS) is 20.5. The van der Waals surface area contributed by atoms with Crippen LogP contribution in [0.1, 0.15) is 30.4 Å². The van der Waals surface area contributed by atoms with Gasteiger partial charge in [0.15, 0.2) is 0 Å². The van der Waals surface area contributed by atoms with Crippen molar-refractivity contribution in [3.05, 3.63) is 62.6 Å². The predicted octanol–water partition coefficient (Wildman–Crippen LogP) is 6.11. The Kier molecular flexibility index (Phi) is 5.98. The summed E-state index contributed by atoms with van der Waals surface area (Å²) in [6.07, 6.45) is -3.73. The number of hydrazine groups is 1. The number of benzene rings is 2. The molecule has 32 heavy (non-hydrogen) atoms. The number of alkyl halides is 3. The molecule has 1 N–H and O–H groups in total. The first-order chi connectivity index (χ1) is 15.0. The lowest BCUT2D eigenvalue weighted by molar-refractivity contribution is -0.275.